The van der Waals surface area contributed by atoms with Gasteiger partial charge in [-0.15, -0.1) is 11.3 Å². The summed E-state index contributed by atoms with van der Waals surface area (Å²) in [7, 11) is 0. The third-order valence-corrected chi connectivity index (χ3v) is 3.33. The SMILES string of the molecule is CCOc1cc(CC(C)(C)C)cc(-c2cscn2)c1. The molecule has 0 spiro atoms. The Bertz CT molecular complexity index is 526. The summed E-state index contributed by atoms with van der Waals surface area (Å²) in [5, 5.41) is 2.08. The van der Waals surface area contributed by atoms with Crippen LogP contribution in [-0.4, -0.2) is 11.6 Å². The van der Waals surface area contributed by atoms with Crippen molar-refractivity contribution in [1.29, 1.82) is 0 Å². The van der Waals surface area contributed by atoms with Crippen LogP contribution in [0.1, 0.15) is 33.3 Å². The average Bonchev–Trinajstić information content (AvgIpc) is 2.79. The minimum absolute atomic E-state index is 0.268. The maximum atomic E-state index is 5.68. The van der Waals surface area contributed by atoms with Crippen molar-refractivity contribution in [1.82, 2.24) is 4.98 Å². The molecule has 1 aromatic heterocycles. The molecule has 2 aromatic rings. The summed E-state index contributed by atoms with van der Waals surface area (Å²) in [4.78, 5) is 4.39. The number of thiazole rings is 1. The van der Waals surface area contributed by atoms with Gasteiger partial charge in [0, 0.05) is 10.9 Å². The Morgan fingerprint density at radius 3 is 2.58 bits per heavy atom. The summed E-state index contributed by atoms with van der Waals surface area (Å²) in [5.41, 5.74) is 5.62. The molecule has 0 saturated heterocycles. The lowest BCUT2D eigenvalue weighted by molar-refractivity contribution is 0.339. The highest BCUT2D eigenvalue weighted by molar-refractivity contribution is 7.07. The van der Waals surface area contributed by atoms with E-state index in [0.717, 1.165) is 23.4 Å². The van der Waals surface area contributed by atoms with Gasteiger partial charge in [-0.1, -0.05) is 20.8 Å². The lowest BCUT2D eigenvalue weighted by Gasteiger charge is -2.19. The van der Waals surface area contributed by atoms with Crippen molar-refractivity contribution in [3.8, 4) is 17.0 Å². The first-order chi connectivity index (χ1) is 8.98. The van der Waals surface area contributed by atoms with E-state index in [1.54, 1.807) is 11.3 Å². The van der Waals surface area contributed by atoms with Gasteiger partial charge in [-0.3, -0.25) is 0 Å². The Morgan fingerprint density at radius 2 is 2.00 bits per heavy atom. The van der Waals surface area contributed by atoms with Crippen molar-refractivity contribution in [2.75, 3.05) is 6.61 Å². The topological polar surface area (TPSA) is 22.1 Å². The molecule has 0 aliphatic rings. The van der Waals surface area contributed by atoms with E-state index >= 15 is 0 Å². The molecule has 0 amide bonds. The first-order valence-corrected chi connectivity index (χ1v) is 7.57. The molecule has 0 unspecified atom stereocenters. The lowest BCUT2D eigenvalue weighted by atomic mass is 9.87. The molecule has 19 heavy (non-hydrogen) atoms. The third kappa shape index (κ3) is 4.06. The normalized spacial score (nSPS) is 11.6. The number of ether oxygens (including phenoxy) is 1. The van der Waals surface area contributed by atoms with E-state index in [1.807, 2.05) is 12.4 Å². The van der Waals surface area contributed by atoms with E-state index in [4.69, 9.17) is 4.74 Å². The van der Waals surface area contributed by atoms with Gasteiger partial charge in [-0.05, 0) is 42.5 Å². The van der Waals surface area contributed by atoms with Crippen molar-refractivity contribution in [2.45, 2.75) is 34.1 Å². The van der Waals surface area contributed by atoms with Crippen molar-refractivity contribution in [3.05, 3.63) is 34.7 Å². The molecule has 0 atom stereocenters. The standard InChI is InChI=1S/C16H21NOS/c1-5-18-14-7-12(9-16(2,3)4)6-13(8-14)15-10-19-11-17-15/h6-8,10-11H,5,9H2,1-4H3. The summed E-state index contributed by atoms with van der Waals surface area (Å²) < 4.78 is 5.68. The van der Waals surface area contributed by atoms with Crippen molar-refractivity contribution >= 4 is 11.3 Å². The van der Waals surface area contributed by atoms with Gasteiger partial charge in [0.05, 0.1) is 17.8 Å². The summed E-state index contributed by atoms with van der Waals surface area (Å²) in [6, 6.07) is 6.44. The zero-order valence-corrected chi connectivity index (χ0v) is 12.9. The van der Waals surface area contributed by atoms with Crippen LogP contribution >= 0.6 is 11.3 Å². The molecule has 0 aliphatic carbocycles. The zero-order chi connectivity index (χ0) is 13.9. The van der Waals surface area contributed by atoms with E-state index in [0.29, 0.717) is 6.61 Å². The Hall–Kier alpha value is -1.35. The zero-order valence-electron chi connectivity index (χ0n) is 12.1. The second-order valence-corrected chi connectivity index (χ2v) is 6.63. The molecule has 0 N–H and O–H groups in total. The minimum Gasteiger partial charge on any atom is -0.494 e. The summed E-state index contributed by atoms with van der Waals surface area (Å²) in [5.74, 6) is 0.937. The molecule has 1 aromatic carbocycles. The van der Waals surface area contributed by atoms with E-state index in [9.17, 15) is 0 Å². The molecule has 0 saturated carbocycles. The first-order valence-electron chi connectivity index (χ1n) is 6.63. The largest absolute Gasteiger partial charge is 0.494 e. The summed E-state index contributed by atoms with van der Waals surface area (Å²) >= 11 is 1.62. The molecular weight excluding hydrogens is 254 g/mol. The predicted octanol–water partition coefficient (Wildman–Crippen LogP) is 4.80. The van der Waals surface area contributed by atoms with Gasteiger partial charge >= 0.3 is 0 Å². The van der Waals surface area contributed by atoms with Crippen molar-refractivity contribution in [3.63, 3.8) is 0 Å². The smallest absolute Gasteiger partial charge is 0.120 e. The maximum Gasteiger partial charge on any atom is 0.120 e. The van der Waals surface area contributed by atoms with Crippen LogP contribution in [0.25, 0.3) is 11.3 Å². The van der Waals surface area contributed by atoms with Crippen LogP contribution in [0.4, 0.5) is 0 Å². The van der Waals surface area contributed by atoms with Crippen LogP contribution in [0.3, 0.4) is 0 Å². The third-order valence-electron chi connectivity index (χ3n) is 2.74. The monoisotopic (exact) mass is 275 g/mol. The van der Waals surface area contributed by atoms with E-state index in [1.165, 1.54) is 5.56 Å². The Labute approximate surface area is 119 Å². The molecule has 3 heteroatoms. The van der Waals surface area contributed by atoms with Gasteiger partial charge in [0.2, 0.25) is 0 Å². The lowest BCUT2D eigenvalue weighted by Crippen LogP contribution is -2.09. The van der Waals surface area contributed by atoms with Crippen LogP contribution in [0.5, 0.6) is 5.75 Å². The first kappa shape index (κ1) is 14.1. The fourth-order valence-electron chi connectivity index (χ4n) is 2.13. The number of aromatic nitrogens is 1. The van der Waals surface area contributed by atoms with Crippen LogP contribution in [-0.2, 0) is 6.42 Å². The van der Waals surface area contributed by atoms with Crippen LogP contribution in [0, 0.1) is 5.41 Å². The second kappa shape index (κ2) is 5.74. The highest BCUT2D eigenvalue weighted by Gasteiger charge is 2.13. The molecule has 102 valence electrons. The Kier molecular flexibility index (Phi) is 4.25. The Balaban J connectivity index is 2.38. The van der Waals surface area contributed by atoms with Gasteiger partial charge in [-0.2, -0.15) is 0 Å². The molecule has 0 fully saturated rings. The predicted molar refractivity (Wildman–Crippen MR) is 81.9 cm³/mol. The molecular formula is C16H21NOS. The quantitative estimate of drug-likeness (QED) is 0.799. The number of benzene rings is 1. The van der Waals surface area contributed by atoms with Crippen LogP contribution in [0.15, 0.2) is 29.1 Å². The van der Waals surface area contributed by atoms with Gasteiger partial charge < -0.3 is 4.74 Å². The van der Waals surface area contributed by atoms with Crippen molar-refractivity contribution < 1.29 is 4.74 Å². The van der Waals surface area contributed by atoms with Gasteiger partial charge in [-0.25, -0.2) is 4.98 Å². The van der Waals surface area contributed by atoms with Crippen LogP contribution in [0.2, 0.25) is 0 Å². The maximum absolute atomic E-state index is 5.68. The molecule has 0 aliphatic heterocycles. The fourth-order valence-corrected chi connectivity index (χ4v) is 2.69. The molecule has 0 radical (unpaired) electrons. The van der Waals surface area contributed by atoms with Gasteiger partial charge in [0.1, 0.15) is 5.75 Å². The van der Waals surface area contributed by atoms with E-state index in [-0.39, 0.29) is 5.41 Å². The molecule has 2 rings (SSSR count). The average molecular weight is 275 g/mol. The number of hydrogen-bond donors (Lipinski definition) is 0. The highest BCUT2D eigenvalue weighted by Crippen LogP contribution is 2.29. The number of rotatable bonds is 4. The number of nitrogens with zero attached hydrogens (tertiary/aromatic N) is 1. The highest BCUT2D eigenvalue weighted by atomic mass is 32.1. The molecule has 1 heterocycles. The van der Waals surface area contributed by atoms with E-state index in [2.05, 4.69) is 49.3 Å². The van der Waals surface area contributed by atoms with Gasteiger partial charge in [0.25, 0.3) is 0 Å². The summed E-state index contributed by atoms with van der Waals surface area (Å²) in [6.07, 6.45) is 1.03. The van der Waals surface area contributed by atoms with E-state index < -0.39 is 0 Å². The van der Waals surface area contributed by atoms with Gasteiger partial charge in [0.15, 0.2) is 0 Å². The second-order valence-electron chi connectivity index (χ2n) is 5.91. The Morgan fingerprint density at radius 1 is 1.21 bits per heavy atom. The van der Waals surface area contributed by atoms with Crippen LogP contribution < -0.4 is 4.74 Å². The summed E-state index contributed by atoms with van der Waals surface area (Å²) in [6.45, 7) is 9.46. The molecule has 2 nitrogen and oxygen atoms in total. The fraction of sp³-hybridized carbons (Fsp3) is 0.438. The minimum atomic E-state index is 0.268. The van der Waals surface area contributed by atoms with Crippen molar-refractivity contribution in [2.24, 2.45) is 5.41 Å². The molecule has 0 bridgehead atoms. The number of hydrogen-bond acceptors (Lipinski definition) is 3.